The predicted octanol–water partition coefficient (Wildman–Crippen LogP) is 1.49. The fraction of sp³-hybridized carbons (Fsp3) is 0.588. The van der Waals surface area contributed by atoms with Crippen molar-refractivity contribution in [3.8, 4) is 0 Å². The lowest BCUT2D eigenvalue weighted by molar-refractivity contribution is -0.135. The van der Waals surface area contributed by atoms with E-state index in [0.717, 1.165) is 25.1 Å². The van der Waals surface area contributed by atoms with Crippen LogP contribution in [0.25, 0.3) is 0 Å². The topological polar surface area (TPSA) is 49.6 Å². The molecular weight excluding hydrogens is 262 g/mol. The largest absolute Gasteiger partial charge is 0.340 e. The minimum absolute atomic E-state index is 0.193. The number of benzene rings is 1. The molecule has 4 heteroatoms. The second kappa shape index (κ2) is 5.78. The van der Waals surface area contributed by atoms with Crippen LogP contribution < -0.4 is 5.73 Å². The van der Waals surface area contributed by atoms with Crippen molar-refractivity contribution in [3.63, 3.8) is 0 Å². The summed E-state index contributed by atoms with van der Waals surface area (Å²) >= 11 is 0. The summed E-state index contributed by atoms with van der Waals surface area (Å²) in [6.07, 6.45) is 2.29. The second-order valence-corrected chi connectivity index (χ2v) is 6.69. The standard InChI is InChI=1S/C17H25N3O/c1-19(2)16(12-6-4-3-5-7-12)17(21)20-10-13-8-9-15(18)14(13)11-20/h3-7,13-16H,8-11,18H2,1-2H3. The summed E-state index contributed by atoms with van der Waals surface area (Å²) in [5.74, 6) is 1.34. The zero-order chi connectivity index (χ0) is 15.0. The maximum atomic E-state index is 13.0. The highest BCUT2D eigenvalue weighted by Crippen LogP contribution is 2.38. The van der Waals surface area contributed by atoms with E-state index in [4.69, 9.17) is 5.73 Å². The molecule has 1 amide bonds. The summed E-state index contributed by atoms with van der Waals surface area (Å²) in [6, 6.07) is 10.1. The Morgan fingerprint density at radius 2 is 1.95 bits per heavy atom. The normalized spacial score (nSPS) is 29.7. The third-order valence-corrected chi connectivity index (χ3v) is 5.09. The molecule has 1 aliphatic heterocycles. The first-order valence-electron chi connectivity index (χ1n) is 7.83. The van der Waals surface area contributed by atoms with Crippen molar-refractivity contribution in [1.29, 1.82) is 0 Å². The summed E-state index contributed by atoms with van der Waals surface area (Å²) in [6.45, 7) is 1.72. The van der Waals surface area contributed by atoms with Gasteiger partial charge in [0.15, 0.2) is 0 Å². The molecular formula is C17H25N3O. The summed E-state index contributed by atoms with van der Waals surface area (Å²) < 4.78 is 0. The van der Waals surface area contributed by atoms with Crippen molar-refractivity contribution in [2.24, 2.45) is 17.6 Å². The Morgan fingerprint density at radius 3 is 2.57 bits per heavy atom. The highest BCUT2D eigenvalue weighted by Gasteiger charge is 2.44. The molecule has 1 aromatic rings. The van der Waals surface area contributed by atoms with Gasteiger partial charge in [-0.1, -0.05) is 30.3 Å². The molecule has 2 aliphatic rings. The molecule has 21 heavy (non-hydrogen) atoms. The molecule has 114 valence electrons. The maximum Gasteiger partial charge on any atom is 0.244 e. The van der Waals surface area contributed by atoms with Crippen LogP contribution in [0.5, 0.6) is 0 Å². The number of fused-ring (bicyclic) bond motifs is 1. The highest BCUT2D eigenvalue weighted by molar-refractivity contribution is 5.83. The predicted molar refractivity (Wildman–Crippen MR) is 83.6 cm³/mol. The van der Waals surface area contributed by atoms with Gasteiger partial charge in [0.25, 0.3) is 0 Å². The van der Waals surface area contributed by atoms with E-state index in [9.17, 15) is 4.79 Å². The highest BCUT2D eigenvalue weighted by atomic mass is 16.2. The van der Waals surface area contributed by atoms with Gasteiger partial charge in [0.1, 0.15) is 6.04 Å². The van der Waals surface area contributed by atoms with Gasteiger partial charge in [0.05, 0.1) is 0 Å². The van der Waals surface area contributed by atoms with Gasteiger partial charge in [-0.15, -0.1) is 0 Å². The molecule has 4 unspecified atom stereocenters. The number of rotatable bonds is 3. The van der Waals surface area contributed by atoms with Gasteiger partial charge in [-0.05, 0) is 44.3 Å². The van der Waals surface area contributed by atoms with Crippen LogP contribution in [0.3, 0.4) is 0 Å². The van der Waals surface area contributed by atoms with Gasteiger partial charge in [-0.2, -0.15) is 0 Å². The summed E-state index contributed by atoms with van der Waals surface area (Å²) in [5, 5.41) is 0. The van der Waals surface area contributed by atoms with Crippen molar-refractivity contribution >= 4 is 5.91 Å². The smallest absolute Gasteiger partial charge is 0.244 e. The lowest BCUT2D eigenvalue weighted by Gasteiger charge is -2.29. The second-order valence-electron chi connectivity index (χ2n) is 6.69. The van der Waals surface area contributed by atoms with Gasteiger partial charge in [-0.3, -0.25) is 9.69 Å². The van der Waals surface area contributed by atoms with Gasteiger partial charge >= 0.3 is 0 Å². The van der Waals surface area contributed by atoms with Crippen molar-refractivity contribution in [2.45, 2.75) is 24.9 Å². The molecule has 0 spiro atoms. The van der Waals surface area contributed by atoms with Crippen LogP contribution in [0, 0.1) is 11.8 Å². The molecule has 1 heterocycles. The van der Waals surface area contributed by atoms with Gasteiger partial charge in [0.2, 0.25) is 5.91 Å². The molecule has 1 saturated carbocycles. The lowest BCUT2D eigenvalue weighted by atomic mass is 9.98. The number of hydrogen-bond acceptors (Lipinski definition) is 3. The van der Waals surface area contributed by atoms with Crippen molar-refractivity contribution in [3.05, 3.63) is 35.9 Å². The van der Waals surface area contributed by atoms with Crippen molar-refractivity contribution < 1.29 is 4.79 Å². The van der Waals surface area contributed by atoms with Crippen molar-refractivity contribution in [2.75, 3.05) is 27.2 Å². The number of likely N-dealkylation sites (N-methyl/N-ethyl adjacent to an activating group) is 1. The summed E-state index contributed by atoms with van der Waals surface area (Å²) in [5.41, 5.74) is 7.24. The van der Waals surface area contributed by atoms with E-state index >= 15 is 0 Å². The van der Waals surface area contributed by atoms with Gasteiger partial charge in [-0.25, -0.2) is 0 Å². The van der Waals surface area contributed by atoms with E-state index in [1.54, 1.807) is 0 Å². The van der Waals surface area contributed by atoms with E-state index in [2.05, 4.69) is 0 Å². The van der Waals surface area contributed by atoms with Crippen LogP contribution in [0.4, 0.5) is 0 Å². The van der Waals surface area contributed by atoms with E-state index in [0.29, 0.717) is 11.8 Å². The van der Waals surface area contributed by atoms with E-state index < -0.39 is 0 Å². The molecule has 0 aromatic heterocycles. The van der Waals surface area contributed by atoms with Crippen LogP contribution in [0.15, 0.2) is 30.3 Å². The number of carbonyl (C=O) groups is 1. The number of hydrogen-bond donors (Lipinski definition) is 1. The van der Waals surface area contributed by atoms with Crippen LogP contribution in [-0.4, -0.2) is 48.9 Å². The molecule has 2 fully saturated rings. The van der Waals surface area contributed by atoms with Crippen LogP contribution >= 0.6 is 0 Å². The number of amides is 1. The first-order valence-corrected chi connectivity index (χ1v) is 7.83. The monoisotopic (exact) mass is 287 g/mol. The average molecular weight is 287 g/mol. The summed E-state index contributed by atoms with van der Waals surface area (Å²) in [7, 11) is 3.94. The quantitative estimate of drug-likeness (QED) is 0.916. The molecule has 2 N–H and O–H groups in total. The Hall–Kier alpha value is -1.39. The third-order valence-electron chi connectivity index (χ3n) is 5.09. The molecule has 4 atom stereocenters. The minimum Gasteiger partial charge on any atom is -0.340 e. The molecule has 1 aromatic carbocycles. The molecule has 4 nitrogen and oxygen atoms in total. The molecule has 1 saturated heterocycles. The minimum atomic E-state index is -0.193. The number of carbonyl (C=O) groups excluding carboxylic acids is 1. The Bertz CT molecular complexity index is 502. The molecule has 3 rings (SSSR count). The van der Waals surface area contributed by atoms with E-state index in [1.165, 1.54) is 6.42 Å². The Kier molecular flexibility index (Phi) is 4.00. The SMILES string of the molecule is CN(C)C(C(=O)N1CC2CCC(N)C2C1)c1ccccc1. The fourth-order valence-corrected chi connectivity index (χ4v) is 3.96. The van der Waals surface area contributed by atoms with E-state index in [-0.39, 0.29) is 18.0 Å². The first-order chi connectivity index (χ1) is 10.1. The fourth-order valence-electron chi connectivity index (χ4n) is 3.96. The maximum absolute atomic E-state index is 13.0. The van der Waals surface area contributed by atoms with Crippen LogP contribution in [0.2, 0.25) is 0 Å². The van der Waals surface area contributed by atoms with Gasteiger partial charge in [0, 0.05) is 19.1 Å². The molecule has 1 aliphatic carbocycles. The van der Waals surface area contributed by atoms with E-state index in [1.807, 2.05) is 54.2 Å². The molecule has 0 bridgehead atoms. The zero-order valence-electron chi connectivity index (χ0n) is 12.9. The van der Waals surface area contributed by atoms with Crippen LogP contribution in [-0.2, 0) is 4.79 Å². The van der Waals surface area contributed by atoms with Crippen LogP contribution in [0.1, 0.15) is 24.4 Å². The van der Waals surface area contributed by atoms with Crippen molar-refractivity contribution in [1.82, 2.24) is 9.80 Å². The Morgan fingerprint density at radius 1 is 1.24 bits per heavy atom. The number of nitrogens with two attached hydrogens (primary N) is 1. The summed E-state index contributed by atoms with van der Waals surface area (Å²) in [4.78, 5) is 17.0. The number of likely N-dealkylation sites (tertiary alicyclic amines) is 1. The Labute approximate surface area is 126 Å². The zero-order valence-corrected chi connectivity index (χ0v) is 12.9. The Balaban J connectivity index is 1.77. The lowest BCUT2D eigenvalue weighted by Crippen LogP contribution is -2.40. The third kappa shape index (κ3) is 2.70. The number of nitrogens with zero attached hydrogens (tertiary/aromatic N) is 2. The average Bonchev–Trinajstić information content (AvgIpc) is 3.02. The van der Waals surface area contributed by atoms with Gasteiger partial charge < -0.3 is 10.6 Å². The first kappa shape index (κ1) is 14.5. The molecule has 0 radical (unpaired) electrons.